The molecule has 0 bridgehead atoms. The van der Waals surface area contributed by atoms with Crippen LogP contribution < -0.4 is 14.8 Å². The van der Waals surface area contributed by atoms with Crippen molar-refractivity contribution in [3.8, 4) is 23.6 Å². The molecule has 1 aliphatic rings. The first-order valence-electron chi connectivity index (χ1n) is 9.94. The second-order valence-electron chi connectivity index (χ2n) is 7.55. The number of carbonyl (C=O) groups is 1. The van der Waals surface area contributed by atoms with Gasteiger partial charge >= 0.3 is 0 Å². The maximum Gasteiger partial charge on any atom is 0.238 e. The summed E-state index contributed by atoms with van der Waals surface area (Å²) in [4.78, 5) is 14.2. The van der Waals surface area contributed by atoms with Crippen LogP contribution in [0.3, 0.4) is 0 Å². The van der Waals surface area contributed by atoms with Crippen LogP contribution in [-0.4, -0.2) is 20.9 Å². The number of benzene rings is 3. The van der Waals surface area contributed by atoms with E-state index < -0.39 is 10.0 Å². The van der Waals surface area contributed by atoms with E-state index in [4.69, 9.17) is 15.1 Å². The van der Waals surface area contributed by atoms with Crippen molar-refractivity contribution in [1.29, 1.82) is 10.5 Å². The van der Waals surface area contributed by atoms with Crippen LogP contribution in [0.15, 0.2) is 71.6 Å². The maximum absolute atomic E-state index is 12.7. The van der Waals surface area contributed by atoms with Crippen molar-refractivity contribution in [3.05, 3.63) is 83.4 Å². The van der Waals surface area contributed by atoms with Crippen LogP contribution in [0.4, 0.5) is 5.69 Å². The van der Waals surface area contributed by atoms with E-state index in [9.17, 15) is 18.5 Å². The normalized spacial score (nSPS) is 15.7. The van der Waals surface area contributed by atoms with Gasteiger partial charge in [0.1, 0.15) is 17.6 Å². The van der Waals surface area contributed by atoms with Crippen molar-refractivity contribution in [3.63, 3.8) is 0 Å². The average molecular weight is 458 g/mol. The van der Waals surface area contributed by atoms with Crippen LogP contribution in [0, 0.1) is 22.7 Å². The Hall–Kier alpha value is -4.18. The molecule has 1 saturated heterocycles. The summed E-state index contributed by atoms with van der Waals surface area (Å²) in [5.74, 6) is 0.531. The summed E-state index contributed by atoms with van der Waals surface area (Å²) in [6.07, 6.45) is 0.256. The first-order chi connectivity index (χ1) is 15.8. The third-order valence-corrected chi connectivity index (χ3v) is 6.32. The lowest BCUT2D eigenvalue weighted by atomic mass is 9.96. The summed E-state index contributed by atoms with van der Waals surface area (Å²) in [5.41, 5.74) is 2.18. The zero-order valence-electron chi connectivity index (χ0n) is 17.3. The largest absolute Gasteiger partial charge is 0.456 e. The minimum atomic E-state index is -3.81. The van der Waals surface area contributed by atoms with Crippen LogP contribution in [0.25, 0.3) is 0 Å². The van der Waals surface area contributed by atoms with Crippen LogP contribution in [-0.2, 0) is 14.8 Å². The number of hydrogen-bond acceptors (Lipinski definition) is 6. The summed E-state index contributed by atoms with van der Waals surface area (Å²) in [5, 5.41) is 23.7. The Labute approximate surface area is 191 Å². The number of amides is 1. The molecule has 164 valence electrons. The zero-order chi connectivity index (χ0) is 23.6. The SMILES string of the molecule is N#Cc1cccc(Oc2cc([C@H]3CC(=O)N(c4ccc(S(N)(=O)=O)cc4)C3)ccc2C#N)c1. The fraction of sp³-hybridized carbons (Fsp3) is 0.125. The number of nitrogens with zero attached hydrogens (tertiary/aromatic N) is 3. The Balaban J connectivity index is 1.58. The average Bonchev–Trinajstić information content (AvgIpc) is 3.20. The van der Waals surface area contributed by atoms with Gasteiger partial charge in [0.2, 0.25) is 15.9 Å². The van der Waals surface area contributed by atoms with E-state index >= 15 is 0 Å². The van der Waals surface area contributed by atoms with Gasteiger partial charge in [0, 0.05) is 24.6 Å². The van der Waals surface area contributed by atoms with Gasteiger partial charge in [-0.25, -0.2) is 13.6 Å². The Morgan fingerprint density at radius 1 is 1.00 bits per heavy atom. The van der Waals surface area contributed by atoms with Gasteiger partial charge < -0.3 is 9.64 Å². The van der Waals surface area contributed by atoms with E-state index in [1.165, 1.54) is 12.1 Å². The zero-order valence-corrected chi connectivity index (χ0v) is 18.1. The molecule has 33 heavy (non-hydrogen) atoms. The minimum Gasteiger partial charge on any atom is -0.456 e. The number of nitrogens with two attached hydrogens (primary N) is 1. The van der Waals surface area contributed by atoms with E-state index in [0.717, 1.165) is 5.56 Å². The van der Waals surface area contributed by atoms with E-state index in [-0.39, 0.29) is 23.1 Å². The lowest BCUT2D eigenvalue weighted by molar-refractivity contribution is -0.117. The topological polar surface area (TPSA) is 137 Å². The predicted octanol–water partition coefficient (Wildman–Crippen LogP) is 3.39. The van der Waals surface area contributed by atoms with Gasteiger partial charge in [-0.2, -0.15) is 10.5 Å². The number of hydrogen-bond donors (Lipinski definition) is 1. The van der Waals surface area contributed by atoms with Crippen LogP contribution in [0.2, 0.25) is 0 Å². The molecule has 1 heterocycles. The third kappa shape index (κ3) is 4.70. The Morgan fingerprint density at radius 2 is 1.76 bits per heavy atom. The molecular weight excluding hydrogens is 440 g/mol. The first-order valence-corrected chi connectivity index (χ1v) is 11.5. The molecule has 2 N–H and O–H groups in total. The van der Waals surface area contributed by atoms with Gasteiger partial charge in [-0.1, -0.05) is 12.1 Å². The van der Waals surface area contributed by atoms with Crippen LogP contribution in [0.5, 0.6) is 11.5 Å². The van der Waals surface area contributed by atoms with Crippen molar-refractivity contribution < 1.29 is 17.9 Å². The van der Waals surface area contributed by atoms with E-state index in [0.29, 0.717) is 34.9 Å². The Kier molecular flexibility index (Phi) is 5.84. The summed E-state index contributed by atoms with van der Waals surface area (Å²) in [7, 11) is -3.81. The molecule has 1 fully saturated rings. The summed E-state index contributed by atoms with van der Waals surface area (Å²) >= 11 is 0. The molecule has 0 spiro atoms. The minimum absolute atomic E-state index is 0.0243. The quantitative estimate of drug-likeness (QED) is 0.622. The number of nitriles is 2. The van der Waals surface area contributed by atoms with Crippen molar-refractivity contribution in [2.24, 2.45) is 5.14 Å². The lowest BCUT2D eigenvalue weighted by Gasteiger charge is -2.18. The second-order valence-corrected chi connectivity index (χ2v) is 9.11. The van der Waals surface area contributed by atoms with Crippen molar-refractivity contribution >= 4 is 21.6 Å². The molecule has 0 aliphatic carbocycles. The summed E-state index contributed by atoms with van der Waals surface area (Å²) in [6, 6.07) is 21.8. The second kappa shape index (κ2) is 8.75. The number of rotatable bonds is 5. The smallest absolute Gasteiger partial charge is 0.238 e. The molecular formula is C24H18N4O4S. The van der Waals surface area contributed by atoms with Gasteiger partial charge in [-0.15, -0.1) is 0 Å². The monoisotopic (exact) mass is 458 g/mol. The lowest BCUT2D eigenvalue weighted by Crippen LogP contribution is -2.24. The van der Waals surface area contributed by atoms with E-state index in [2.05, 4.69) is 6.07 Å². The van der Waals surface area contributed by atoms with Gasteiger partial charge in [0.05, 0.1) is 22.1 Å². The number of anilines is 1. The van der Waals surface area contributed by atoms with Gasteiger partial charge in [0.15, 0.2) is 0 Å². The molecule has 0 radical (unpaired) electrons. The van der Waals surface area contributed by atoms with E-state index in [1.54, 1.807) is 59.5 Å². The Bertz CT molecular complexity index is 1420. The van der Waals surface area contributed by atoms with Gasteiger partial charge in [-0.3, -0.25) is 4.79 Å². The first kappa shape index (κ1) is 22.0. The number of carbonyl (C=O) groups excluding carboxylic acids is 1. The van der Waals surface area contributed by atoms with Crippen LogP contribution >= 0.6 is 0 Å². The number of ether oxygens (including phenoxy) is 1. The number of primary sulfonamides is 1. The fourth-order valence-electron chi connectivity index (χ4n) is 3.72. The molecule has 8 nitrogen and oxygen atoms in total. The molecule has 3 aromatic carbocycles. The van der Waals surface area contributed by atoms with Crippen molar-refractivity contribution in [1.82, 2.24) is 0 Å². The molecule has 1 aliphatic heterocycles. The molecule has 1 atom stereocenters. The van der Waals surface area contributed by atoms with Crippen LogP contribution in [0.1, 0.15) is 29.0 Å². The molecule has 4 rings (SSSR count). The molecule has 0 saturated carbocycles. The molecule has 3 aromatic rings. The third-order valence-electron chi connectivity index (χ3n) is 5.39. The van der Waals surface area contributed by atoms with Crippen molar-refractivity contribution in [2.45, 2.75) is 17.2 Å². The summed E-state index contributed by atoms with van der Waals surface area (Å²) in [6.45, 7) is 0.392. The highest BCUT2D eigenvalue weighted by atomic mass is 32.2. The maximum atomic E-state index is 12.7. The van der Waals surface area contributed by atoms with Gasteiger partial charge in [0.25, 0.3) is 0 Å². The van der Waals surface area contributed by atoms with Crippen molar-refractivity contribution in [2.75, 3.05) is 11.4 Å². The van der Waals surface area contributed by atoms with Gasteiger partial charge in [-0.05, 0) is 60.2 Å². The van der Waals surface area contributed by atoms with E-state index in [1.807, 2.05) is 6.07 Å². The Morgan fingerprint density at radius 3 is 2.42 bits per heavy atom. The standard InChI is InChI=1S/C24H18N4O4S/c25-13-16-2-1-3-21(10-16)32-23-11-17(4-5-18(23)14-26)19-12-24(29)28(15-19)20-6-8-22(9-7-20)33(27,30)31/h1-11,19H,12,15H2,(H2,27,30,31)/t19-/m0/s1. The highest BCUT2D eigenvalue weighted by Gasteiger charge is 2.32. The molecule has 0 aromatic heterocycles. The summed E-state index contributed by atoms with van der Waals surface area (Å²) < 4.78 is 28.8. The number of sulfonamides is 1. The highest BCUT2D eigenvalue weighted by Crippen LogP contribution is 2.35. The predicted molar refractivity (Wildman–Crippen MR) is 120 cm³/mol. The molecule has 9 heteroatoms. The molecule has 0 unspecified atom stereocenters. The highest BCUT2D eigenvalue weighted by molar-refractivity contribution is 7.89. The molecule has 1 amide bonds. The fourth-order valence-corrected chi connectivity index (χ4v) is 4.24.